The van der Waals surface area contributed by atoms with E-state index >= 15 is 0 Å². The maximum Gasteiger partial charge on any atom is 0.410 e. The molecular weight excluding hydrogens is 498 g/mol. The molecule has 1 fully saturated rings. The van der Waals surface area contributed by atoms with Crippen molar-refractivity contribution in [2.75, 3.05) is 25.6 Å². The van der Waals surface area contributed by atoms with Crippen LogP contribution in [-0.2, 0) is 16.0 Å². The van der Waals surface area contributed by atoms with Gasteiger partial charge in [-0.05, 0) is 52.9 Å². The number of ether oxygens (including phenoxy) is 2. The summed E-state index contributed by atoms with van der Waals surface area (Å²) in [6, 6.07) is 2.63. The van der Waals surface area contributed by atoms with Crippen LogP contribution in [0.25, 0.3) is 0 Å². The molecule has 2 aromatic heterocycles. The monoisotopic (exact) mass is 531 g/mol. The predicted molar refractivity (Wildman–Crippen MR) is 141 cm³/mol. The van der Waals surface area contributed by atoms with Crippen molar-refractivity contribution in [3.05, 3.63) is 50.7 Å². The first-order valence-corrected chi connectivity index (χ1v) is 12.5. The fourth-order valence-corrected chi connectivity index (χ4v) is 3.95. The average Bonchev–Trinajstić information content (AvgIpc) is 2.79. The van der Waals surface area contributed by atoms with Gasteiger partial charge in [-0.2, -0.15) is 0 Å². The molecule has 0 saturated carbocycles. The largest absolute Gasteiger partial charge is 0.444 e. The van der Waals surface area contributed by atoms with Crippen molar-refractivity contribution in [2.24, 2.45) is 0 Å². The molecule has 0 aromatic carbocycles. The lowest BCUT2D eigenvalue weighted by molar-refractivity contribution is -0.0136. The Morgan fingerprint density at radius 3 is 2.76 bits per heavy atom. The molecule has 1 aliphatic rings. The summed E-state index contributed by atoms with van der Waals surface area (Å²) in [6.45, 7) is 10.2. The minimum Gasteiger partial charge on any atom is -0.444 e. The Labute approximate surface area is 222 Å². The van der Waals surface area contributed by atoms with Gasteiger partial charge >= 0.3 is 6.09 Å². The molecule has 2 N–H and O–H groups in total. The average molecular weight is 532 g/mol. The molecule has 1 amide bonds. The Morgan fingerprint density at radius 2 is 2.11 bits per heavy atom. The molecular formula is C26H34ClN5O5. The van der Waals surface area contributed by atoms with Gasteiger partial charge in [-0.25, -0.2) is 14.8 Å². The number of anilines is 1. The summed E-state index contributed by atoms with van der Waals surface area (Å²) in [5, 5.41) is 13.5. The molecule has 2 atom stereocenters. The number of hydrogen-bond acceptors (Lipinski definition) is 8. The van der Waals surface area contributed by atoms with Crippen LogP contribution in [0, 0.1) is 11.8 Å². The highest BCUT2D eigenvalue weighted by Gasteiger charge is 2.24. The zero-order valence-electron chi connectivity index (χ0n) is 22.0. The maximum absolute atomic E-state index is 12.5. The van der Waals surface area contributed by atoms with Crippen molar-refractivity contribution >= 4 is 23.6 Å². The second-order valence-corrected chi connectivity index (χ2v) is 10.6. The minimum atomic E-state index is -0.676. The van der Waals surface area contributed by atoms with Crippen LogP contribution >= 0.6 is 11.6 Å². The lowest BCUT2D eigenvalue weighted by Gasteiger charge is -2.28. The Kier molecular flexibility index (Phi) is 9.18. The van der Waals surface area contributed by atoms with Crippen LogP contribution in [0.1, 0.15) is 64.2 Å². The molecule has 3 rings (SSSR count). The summed E-state index contributed by atoms with van der Waals surface area (Å²) in [7, 11) is 1.62. The zero-order chi connectivity index (χ0) is 27.3. The van der Waals surface area contributed by atoms with E-state index in [1.165, 1.54) is 23.2 Å². The number of aliphatic hydroxyl groups is 1. The molecule has 11 heteroatoms. The lowest BCUT2D eigenvalue weighted by Crippen LogP contribution is -2.42. The van der Waals surface area contributed by atoms with E-state index in [1.54, 1.807) is 27.8 Å². The van der Waals surface area contributed by atoms with E-state index in [-0.39, 0.29) is 47.3 Å². The van der Waals surface area contributed by atoms with Gasteiger partial charge in [0, 0.05) is 37.5 Å². The van der Waals surface area contributed by atoms with Gasteiger partial charge in [0.25, 0.3) is 0 Å². The number of rotatable bonds is 5. The summed E-state index contributed by atoms with van der Waals surface area (Å²) in [6.07, 6.45) is 0.882. The molecule has 0 unspecified atom stereocenters. The number of halogens is 1. The van der Waals surface area contributed by atoms with Crippen LogP contribution < -0.4 is 10.7 Å². The topological polar surface area (TPSA) is 119 Å². The molecule has 1 aliphatic heterocycles. The van der Waals surface area contributed by atoms with E-state index in [1.807, 2.05) is 18.4 Å². The molecule has 2 aromatic rings. The first kappa shape index (κ1) is 28.4. The van der Waals surface area contributed by atoms with Crippen LogP contribution in [-0.4, -0.2) is 68.6 Å². The Morgan fingerprint density at radius 1 is 1.38 bits per heavy atom. The van der Waals surface area contributed by atoms with Gasteiger partial charge in [0.15, 0.2) is 5.43 Å². The van der Waals surface area contributed by atoms with Crippen molar-refractivity contribution < 1.29 is 19.4 Å². The minimum absolute atomic E-state index is 0.0555. The van der Waals surface area contributed by atoms with E-state index in [9.17, 15) is 14.7 Å². The molecule has 200 valence electrons. The summed E-state index contributed by atoms with van der Waals surface area (Å²) >= 11 is 6.30. The van der Waals surface area contributed by atoms with Crippen LogP contribution in [0.3, 0.4) is 0 Å². The Balaban J connectivity index is 1.91. The number of pyridine rings is 1. The SMILES string of the molecule is CC(C)n1c(C#Cc2nc(N[C@@H]3CCOC[C@H]3O)ncc2Cl)cc(=O)cc1CN(C)C(=O)OC(C)(C)C. The smallest absolute Gasteiger partial charge is 0.410 e. The Bertz CT molecular complexity index is 1240. The standard InChI is InChI=1S/C26H34ClN5O5/c1-16(2)32-17(11-19(33)12-18(32)14-31(6)25(35)37-26(3,4)5)7-8-21-20(27)13-28-24(29-21)30-22-9-10-36-15-23(22)34/h11-13,16,22-23,34H,9-10,14-15H2,1-6H3,(H,28,29,30)/t22-,23-/m1/s1. The number of aliphatic hydroxyl groups excluding tert-OH is 1. The van der Waals surface area contributed by atoms with Crippen molar-refractivity contribution in [3.8, 4) is 11.8 Å². The van der Waals surface area contributed by atoms with Crippen LogP contribution in [0.2, 0.25) is 5.02 Å². The highest BCUT2D eigenvalue weighted by molar-refractivity contribution is 6.31. The Hall–Kier alpha value is -3.13. The maximum atomic E-state index is 12.5. The number of carbonyl (C=O) groups excluding carboxylic acids is 1. The van der Waals surface area contributed by atoms with Crippen molar-refractivity contribution in [3.63, 3.8) is 0 Å². The number of aromatic nitrogens is 3. The molecule has 37 heavy (non-hydrogen) atoms. The summed E-state index contributed by atoms with van der Waals surface area (Å²) in [5.41, 5.74) is 0.478. The predicted octanol–water partition coefficient (Wildman–Crippen LogP) is 3.20. The number of nitrogens with one attached hydrogen (secondary N) is 1. The quantitative estimate of drug-likeness (QED) is 0.565. The van der Waals surface area contributed by atoms with Gasteiger partial charge in [-0.3, -0.25) is 4.79 Å². The van der Waals surface area contributed by atoms with Crippen molar-refractivity contribution in [2.45, 2.75) is 71.4 Å². The third kappa shape index (κ3) is 7.92. The van der Waals surface area contributed by atoms with E-state index in [0.29, 0.717) is 24.4 Å². The van der Waals surface area contributed by atoms with Crippen molar-refractivity contribution in [1.29, 1.82) is 0 Å². The first-order chi connectivity index (χ1) is 17.3. The molecule has 10 nitrogen and oxygen atoms in total. The molecule has 0 radical (unpaired) electrons. The van der Waals surface area contributed by atoms with Gasteiger partial charge in [-0.15, -0.1) is 0 Å². The lowest BCUT2D eigenvalue weighted by atomic mass is 10.1. The second-order valence-electron chi connectivity index (χ2n) is 10.2. The fraction of sp³-hybridized carbons (Fsp3) is 0.538. The first-order valence-electron chi connectivity index (χ1n) is 12.1. The number of nitrogens with zero attached hydrogens (tertiary/aromatic N) is 4. The number of carbonyl (C=O) groups is 1. The normalized spacial score (nSPS) is 17.6. The van der Waals surface area contributed by atoms with Crippen LogP contribution in [0.5, 0.6) is 0 Å². The van der Waals surface area contributed by atoms with Gasteiger partial charge in [0.05, 0.1) is 42.2 Å². The third-order valence-electron chi connectivity index (χ3n) is 5.47. The third-order valence-corrected chi connectivity index (χ3v) is 5.75. The molecule has 0 spiro atoms. The summed E-state index contributed by atoms with van der Waals surface area (Å²) in [5.74, 6) is 6.26. The van der Waals surface area contributed by atoms with Crippen LogP contribution in [0.15, 0.2) is 23.1 Å². The fourth-order valence-electron chi connectivity index (χ4n) is 3.81. The van der Waals surface area contributed by atoms with Crippen LogP contribution in [0.4, 0.5) is 10.7 Å². The molecule has 0 bridgehead atoms. The van der Waals surface area contributed by atoms with E-state index in [0.717, 1.165) is 0 Å². The zero-order valence-corrected chi connectivity index (χ0v) is 22.8. The van der Waals surface area contributed by atoms with Gasteiger partial charge < -0.3 is 29.4 Å². The number of amides is 1. The van der Waals surface area contributed by atoms with E-state index in [2.05, 4.69) is 27.1 Å². The summed E-state index contributed by atoms with van der Waals surface area (Å²) < 4.78 is 12.6. The van der Waals surface area contributed by atoms with E-state index in [4.69, 9.17) is 21.1 Å². The molecule has 1 saturated heterocycles. The van der Waals surface area contributed by atoms with Gasteiger partial charge in [0.2, 0.25) is 5.95 Å². The molecule has 0 aliphatic carbocycles. The van der Waals surface area contributed by atoms with Gasteiger partial charge in [0.1, 0.15) is 11.3 Å². The highest BCUT2D eigenvalue weighted by Crippen LogP contribution is 2.18. The second kappa shape index (κ2) is 11.9. The number of hydrogen-bond donors (Lipinski definition) is 2. The van der Waals surface area contributed by atoms with E-state index < -0.39 is 17.8 Å². The highest BCUT2D eigenvalue weighted by atomic mass is 35.5. The van der Waals surface area contributed by atoms with Crippen molar-refractivity contribution in [1.82, 2.24) is 19.4 Å². The molecule has 3 heterocycles. The van der Waals surface area contributed by atoms with Gasteiger partial charge in [-0.1, -0.05) is 11.6 Å². The summed E-state index contributed by atoms with van der Waals surface area (Å²) in [4.78, 5) is 35.0.